The van der Waals surface area contributed by atoms with Gasteiger partial charge in [-0.15, -0.1) is 6.42 Å². The molecule has 2 amide bonds. The quantitative estimate of drug-likeness (QED) is 0.0914. The molecule has 6 N–H and O–H groups in total. The summed E-state index contributed by atoms with van der Waals surface area (Å²) < 4.78 is 29.7. The maximum Gasteiger partial charge on any atom is 0.383 e. The minimum atomic E-state index is -2.45. The Bertz CT molecular complexity index is 2720. The molecule has 396 valence electrons. The molecule has 0 aromatic heterocycles. The molecule has 0 radical (unpaired) electrons. The third-order valence-electron chi connectivity index (χ3n) is 15.0. The van der Waals surface area contributed by atoms with Crippen LogP contribution in [0, 0.1) is 48.9 Å². The van der Waals surface area contributed by atoms with Crippen molar-refractivity contribution < 1.29 is 63.3 Å². The highest BCUT2D eigenvalue weighted by molar-refractivity contribution is 6.22. The number of nitrogens with one attached hydrogen (secondary N) is 2. The van der Waals surface area contributed by atoms with Crippen molar-refractivity contribution in [3.63, 3.8) is 0 Å². The first kappa shape index (κ1) is 54.9. The number of piperidine rings is 1. The van der Waals surface area contributed by atoms with E-state index in [4.69, 9.17) is 35.1 Å². The number of phenols is 2. The standard InChI is InChI=1S/C54H72N6O13/c1-11-54-51(67)41-39-40(47(65)35(9)50(41)73-54)48(66)44(43-42(39)57-53(58-43)16-19-60(20-17-53)28-29(2)3)56-52(68)31(5)14-12-13-30(4)45(63)33(7)46(64)34(8)49(32(6)36(69-10)15-24-71-54)72-38(62)27-37(61)55-18-21-59-22-25-70-26-23-59/h1,12-15,24,29-30,32-34,36,45-46,49,57,63-66H,16-23,25-28H2,2-10H3,(H,55,61)/b13-12+,24-15+,31-14-,56-44?/t30-,32+,33+,34+,36-,45-,46+,49+,54-/m0/s1. The maximum absolute atomic E-state index is 15.0. The smallest absolute Gasteiger partial charge is 0.383 e. The number of aliphatic hydroxyl groups excluding tert-OH is 2. The molecule has 0 unspecified atom stereocenters. The van der Waals surface area contributed by atoms with Gasteiger partial charge < -0.3 is 59.6 Å². The van der Waals surface area contributed by atoms with Gasteiger partial charge in [0.15, 0.2) is 5.75 Å². The van der Waals surface area contributed by atoms with E-state index in [1.165, 1.54) is 26.2 Å². The number of nitrogens with zero attached hydrogens (tertiary/aromatic N) is 4. The van der Waals surface area contributed by atoms with Gasteiger partial charge in [0.2, 0.25) is 5.91 Å². The van der Waals surface area contributed by atoms with Crippen molar-refractivity contribution in [2.75, 3.05) is 71.5 Å². The molecule has 2 fully saturated rings. The molecular formula is C54H72N6O13. The van der Waals surface area contributed by atoms with Gasteiger partial charge >= 0.3 is 11.8 Å². The van der Waals surface area contributed by atoms with Crippen molar-refractivity contribution in [1.82, 2.24) is 15.1 Å². The van der Waals surface area contributed by atoms with Crippen molar-refractivity contribution in [3.05, 3.63) is 58.0 Å². The van der Waals surface area contributed by atoms with E-state index in [2.05, 4.69) is 45.2 Å². The Morgan fingerprint density at radius 3 is 2.32 bits per heavy atom. The van der Waals surface area contributed by atoms with Crippen molar-refractivity contribution >= 4 is 40.0 Å². The Labute approximate surface area is 426 Å². The number of rotatable bonds is 9. The molecule has 2 saturated heterocycles. The molecule has 19 nitrogen and oxygen atoms in total. The number of hydrogen-bond donors (Lipinski definition) is 6. The van der Waals surface area contributed by atoms with E-state index in [1.54, 1.807) is 46.8 Å². The van der Waals surface area contributed by atoms with E-state index in [1.807, 2.05) is 0 Å². The minimum Gasteiger partial charge on any atom is -0.507 e. The Morgan fingerprint density at radius 1 is 0.959 bits per heavy atom. The number of allylic oxidation sites excluding steroid dienone is 2. The number of amides is 2. The SMILES string of the molecule is C#C[C@@]12O/C=C/[C@H](OC)[C@@H](C)[C@@H](OC(=O)CC(=O)NCCN3CCOCC3)[C@H](C)[C@H](O)[C@H](C)[C@@H](O)[C@@H](C)/C=C/C=C(/C)C(=O)N=c3c(O)c4c(O)c(C)c(c(c4c4c3=NC3(CCN(CC(C)C)CC3)N4)C1=O)O2. The third kappa shape index (κ3) is 11.3. The van der Waals surface area contributed by atoms with Gasteiger partial charge in [0.25, 0.3) is 11.7 Å². The van der Waals surface area contributed by atoms with E-state index in [0.29, 0.717) is 58.2 Å². The van der Waals surface area contributed by atoms with Crippen LogP contribution in [-0.2, 0) is 33.3 Å². The predicted molar refractivity (Wildman–Crippen MR) is 270 cm³/mol. The predicted octanol–water partition coefficient (Wildman–Crippen LogP) is 3.18. The second-order valence-corrected chi connectivity index (χ2v) is 20.7. The summed E-state index contributed by atoms with van der Waals surface area (Å²) in [5.74, 6) is -6.77. The van der Waals surface area contributed by atoms with Crippen LogP contribution in [0.2, 0.25) is 0 Å². The molecular weight excluding hydrogens is 941 g/mol. The van der Waals surface area contributed by atoms with Crippen LogP contribution in [0.15, 0.2) is 46.1 Å². The number of terminal acetylenes is 1. The minimum absolute atomic E-state index is 0.0448. The molecule has 9 atom stereocenters. The monoisotopic (exact) mass is 1010 g/mol. The average Bonchev–Trinajstić information content (AvgIpc) is 3.88. The fourth-order valence-corrected chi connectivity index (χ4v) is 10.6. The molecule has 0 saturated carbocycles. The number of esters is 1. The van der Waals surface area contributed by atoms with Crippen LogP contribution in [0.4, 0.5) is 5.69 Å². The van der Waals surface area contributed by atoms with Crippen molar-refractivity contribution in [2.24, 2.45) is 39.6 Å². The first-order valence-electron chi connectivity index (χ1n) is 25.3. The van der Waals surface area contributed by atoms with Crippen LogP contribution in [0.5, 0.6) is 17.2 Å². The number of morpholine rings is 1. The fraction of sp³-hybridized carbons (Fsp3) is 0.593. The van der Waals surface area contributed by atoms with Crippen LogP contribution < -0.4 is 26.1 Å². The lowest BCUT2D eigenvalue weighted by Crippen LogP contribution is -2.47. The normalized spacial score (nSPS) is 30.5. The largest absolute Gasteiger partial charge is 0.507 e. The van der Waals surface area contributed by atoms with Crippen LogP contribution in [0.3, 0.4) is 0 Å². The number of methoxy groups -OCH3 is 1. The van der Waals surface area contributed by atoms with Gasteiger partial charge in [0, 0.05) is 106 Å². The molecule has 73 heavy (non-hydrogen) atoms. The summed E-state index contributed by atoms with van der Waals surface area (Å²) in [5.41, 5.74) is -0.581. The number of anilines is 1. The number of ether oxygens (including phenoxy) is 5. The molecule has 1 spiro atoms. The molecule has 19 heteroatoms. The van der Waals surface area contributed by atoms with Crippen LogP contribution in [-0.4, -0.2) is 156 Å². The summed E-state index contributed by atoms with van der Waals surface area (Å²) in [7, 11) is 1.40. The van der Waals surface area contributed by atoms with Crippen LogP contribution in [0.1, 0.15) is 83.7 Å². The number of carbonyl (C=O) groups is 4. The Morgan fingerprint density at radius 2 is 1.66 bits per heavy atom. The number of carbonyl (C=O) groups excluding carboxylic acids is 4. The highest BCUT2D eigenvalue weighted by atomic mass is 16.7. The van der Waals surface area contributed by atoms with Gasteiger partial charge in [-0.25, -0.2) is 4.99 Å². The van der Waals surface area contributed by atoms with Gasteiger partial charge in [-0.3, -0.25) is 29.1 Å². The highest BCUT2D eigenvalue weighted by Crippen LogP contribution is 2.51. The van der Waals surface area contributed by atoms with E-state index >= 15 is 4.79 Å². The lowest BCUT2D eigenvalue weighted by Gasteiger charge is -2.38. The number of fused-ring (bicyclic) bond motifs is 13. The maximum atomic E-state index is 15.0. The lowest BCUT2D eigenvalue weighted by molar-refractivity contribution is -0.164. The fourth-order valence-electron chi connectivity index (χ4n) is 10.6. The number of benzene rings is 2. The number of aliphatic hydroxyl groups is 2. The lowest BCUT2D eigenvalue weighted by atomic mass is 9.78. The summed E-state index contributed by atoms with van der Waals surface area (Å²) >= 11 is 0. The number of phenolic OH excluding ortho intramolecular Hbond substituents is 2. The third-order valence-corrected chi connectivity index (χ3v) is 15.0. The van der Waals surface area contributed by atoms with Gasteiger partial charge in [0.05, 0.1) is 54.4 Å². The molecule has 6 aliphatic heterocycles. The zero-order chi connectivity index (χ0) is 53.1. The summed E-state index contributed by atoms with van der Waals surface area (Å²) in [6.45, 7) is 19.9. The second-order valence-electron chi connectivity index (χ2n) is 20.7. The van der Waals surface area contributed by atoms with Crippen LogP contribution >= 0.6 is 0 Å². The van der Waals surface area contributed by atoms with Crippen LogP contribution in [0.25, 0.3) is 10.8 Å². The molecule has 6 heterocycles. The van der Waals surface area contributed by atoms with Crippen molar-refractivity contribution in [3.8, 4) is 29.6 Å². The molecule has 0 aliphatic carbocycles. The molecule has 5 bridgehead atoms. The molecule has 8 rings (SSSR count). The summed E-state index contributed by atoms with van der Waals surface area (Å²) in [4.78, 5) is 69.6. The van der Waals surface area contributed by atoms with Gasteiger partial charge in [0.1, 0.15) is 40.4 Å². The summed E-state index contributed by atoms with van der Waals surface area (Å²) in [6, 6.07) is 0. The Hall–Kier alpha value is -5.88. The van der Waals surface area contributed by atoms with E-state index in [0.717, 1.165) is 25.9 Å². The van der Waals surface area contributed by atoms with E-state index in [-0.39, 0.29) is 49.6 Å². The first-order valence-corrected chi connectivity index (χ1v) is 25.3. The topological polar surface area (TPSA) is 251 Å². The second kappa shape index (κ2) is 22.7. The van der Waals surface area contributed by atoms with Crippen molar-refractivity contribution in [1.29, 1.82) is 0 Å². The number of Topliss-reactive ketones (excluding diaryl/α,β-unsaturated/α-hetero) is 1. The number of ketones is 1. The molecule has 6 aliphatic rings. The van der Waals surface area contributed by atoms with E-state index < -0.39 is 101 Å². The highest BCUT2D eigenvalue weighted by Gasteiger charge is 2.53. The number of hydrogen-bond acceptors (Lipinski definition) is 17. The zero-order valence-electron chi connectivity index (χ0n) is 43.4. The number of likely N-dealkylation sites (tertiary alicyclic amines) is 1. The van der Waals surface area contributed by atoms with E-state index in [9.17, 15) is 34.8 Å². The Balaban J connectivity index is 1.29. The summed E-state index contributed by atoms with van der Waals surface area (Å²) in [6.07, 6.45) is 9.43. The zero-order valence-corrected chi connectivity index (χ0v) is 43.4. The van der Waals surface area contributed by atoms with Gasteiger partial charge in [-0.05, 0) is 31.8 Å². The Kier molecular flexibility index (Phi) is 17.1. The number of aromatic hydroxyl groups is 2. The van der Waals surface area contributed by atoms with Crippen molar-refractivity contribution in [2.45, 2.75) is 111 Å². The first-order chi connectivity index (χ1) is 34.7. The summed E-state index contributed by atoms with van der Waals surface area (Å²) in [5, 5.41) is 53.8. The van der Waals surface area contributed by atoms with Gasteiger partial charge in [-0.2, -0.15) is 0 Å². The molecule has 2 aromatic rings. The average molecular weight is 1010 g/mol. The van der Waals surface area contributed by atoms with Gasteiger partial charge in [-0.1, -0.05) is 59.8 Å². The molecule has 2 aromatic carbocycles.